The predicted molar refractivity (Wildman–Crippen MR) is 86.3 cm³/mol. The monoisotopic (exact) mass is 343 g/mol. The molecule has 0 aliphatic heterocycles. The number of halogens is 3. The molecule has 0 aliphatic rings. The summed E-state index contributed by atoms with van der Waals surface area (Å²) in [6, 6.07) is 11.2. The van der Waals surface area contributed by atoms with Gasteiger partial charge in [0, 0.05) is 15.6 Å². The molecule has 2 aromatic carbocycles. The summed E-state index contributed by atoms with van der Waals surface area (Å²) in [4.78, 5) is 12.1. The number of carbonyl (C=O) groups excluding carboxylic acids is 1. The van der Waals surface area contributed by atoms with Crippen LogP contribution in [0.2, 0.25) is 15.1 Å². The van der Waals surface area contributed by atoms with E-state index < -0.39 is 12.0 Å². The van der Waals surface area contributed by atoms with E-state index in [1.807, 2.05) is 6.07 Å². The largest absolute Gasteiger partial charge is 0.467 e. The van der Waals surface area contributed by atoms with Crippen LogP contribution in [-0.4, -0.2) is 13.1 Å². The second-order valence-corrected chi connectivity index (χ2v) is 5.50. The highest BCUT2D eigenvalue weighted by molar-refractivity contribution is 6.34. The SMILES string of the molecule is COC(=O)C(Nc1ccccc1Cl)c1cc(Cl)ccc1Cl. The topological polar surface area (TPSA) is 38.3 Å². The van der Waals surface area contributed by atoms with Crippen LogP contribution in [0.1, 0.15) is 11.6 Å². The number of hydrogen-bond donors (Lipinski definition) is 1. The van der Waals surface area contributed by atoms with Crippen LogP contribution in [-0.2, 0) is 9.53 Å². The molecule has 6 heteroatoms. The average Bonchev–Trinajstić information content (AvgIpc) is 2.48. The molecule has 0 saturated carbocycles. The molecule has 1 unspecified atom stereocenters. The number of carbonyl (C=O) groups is 1. The highest BCUT2D eigenvalue weighted by Gasteiger charge is 2.24. The van der Waals surface area contributed by atoms with Gasteiger partial charge < -0.3 is 10.1 Å². The lowest BCUT2D eigenvalue weighted by Gasteiger charge is -2.20. The van der Waals surface area contributed by atoms with Gasteiger partial charge >= 0.3 is 5.97 Å². The summed E-state index contributed by atoms with van der Waals surface area (Å²) < 4.78 is 4.83. The van der Waals surface area contributed by atoms with Crippen LogP contribution in [0.4, 0.5) is 5.69 Å². The number of nitrogens with one attached hydrogen (secondary N) is 1. The first-order valence-electron chi connectivity index (χ1n) is 6.06. The maximum atomic E-state index is 12.1. The number of rotatable bonds is 4. The van der Waals surface area contributed by atoms with Gasteiger partial charge in [-0.3, -0.25) is 0 Å². The average molecular weight is 345 g/mol. The lowest BCUT2D eigenvalue weighted by molar-refractivity contribution is -0.141. The summed E-state index contributed by atoms with van der Waals surface area (Å²) in [5.74, 6) is -0.487. The molecule has 0 fully saturated rings. The van der Waals surface area contributed by atoms with E-state index in [4.69, 9.17) is 39.5 Å². The minimum atomic E-state index is -0.805. The summed E-state index contributed by atoms with van der Waals surface area (Å²) in [5.41, 5.74) is 1.13. The molecule has 1 atom stereocenters. The Morgan fingerprint density at radius 1 is 1.10 bits per heavy atom. The van der Waals surface area contributed by atoms with Crippen LogP contribution in [0, 0.1) is 0 Å². The summed E-state index contributed by atoms with van der Waals surface area (Å²) in [5, 5.41) is 4.41. The fourth-order valence-electron chi connectivity index (χ4n) is 1.85. The normalized spacial score (nSPS) is 11.8. The van der Waals surface area contributed by atoms with Gasteiger partial charge in [-0.2, -0.15) is 0 Å². The Morgan fingerprint density at radius 3 is 2.48 bits per heavy atom. The molecule has 21 heavy (non-hydrogen) atoms. The second-order valence-electron chi connectivity index (χ2n) is 4.25. The Bertz CT molecular complexity index is 661. The Hall–Kier alpha value is -1.42. The molecule has 0 aliphatic carbocycles. The van der Waals surface area contributed by atoms with Crippen molar-refractivity contribution < 1.29 is 9.53 Å². The first-order valence-corrected chi connectivity index (χ1v) is 7.20. The summed E-state index contributed by atoms with van der Waals surface area (Å²) in [6.07, 6.45) is 0. The molecule has 0 amide bonds. The van der Waals surface area contributed by atoms with Crippen molar-refractivity contribution in [1.29, 1.82) is 0 Å². The summed E-state index contributed by atoms with van der Waals surface area (Å²) in [7, 11) is 1.31. The van der Waals surface area contributed by atoms with E-state index in [-0.39, 0.29) is 0 Å². The Balaban J connectivity index is 2.42. The number of esters is 1. The van der Waals surface area contributed by atoms with Gasteiger partial charge in [0.2, 0.25) is 0 Å². The van der Waals surface area contributed by atoms with Crippen LogP contribution < -0.4 is 5.32 Å². The molecule has 0 aromatic heterocycles. The van der Waals surface area contributed by atoms with Crippen molar-refractivity contribution in [3.8, 4) is 0 Å². The van der Waals surface area contributed by atoms with Crippen molar-refractivity contribution in [2.24, 2.45) is 0 Å². The smallest absolute Gasteiger partial charge is 0.333 e. The highest BCUT2D eigenvalue weighted by atomic mass is 35.5. The molecule has 2 aromatic rings. The Morgan fingerprint density at radius 2 is 1.81 bits per heavy atom. The van der Waals surface area contributed by atoms with Crippen LogP contribution in [0.25, 0.3) is 0 Å². The number of para-hydroxylation sites is 1. The van der Waals surface area contributed by atoms with Gasteiger partial charge in [-0.15, -0.1) is 0 Å². The van der Waals surface area contributed by atoms with Crippen LogP contribution in [0.3, 0.4) is 0 Å². The number of methoxy groups -OCH3 is 1. The van der Waals surface area contributed by atoms with Gasteiger partial charge in [0.05, 0.1) is 17.8 Å². The van der Waals surface area contributed by atoms with Gasteiger partial charge in [0.15, 0.2) is 6.04 Å². The van der Waals surface area contributed by atoms with Crippen molar-refractivity contribution >= 4 is 46.5 Å². The van der Waals surface area contributed by atoms with E-state index in [9.17, 15) is 4.79 Å². The first-order chi connectivity index (χ1) is 10.0. The third kappa shape index (κ3) is 3.82. The van der Waals surface area contributed by atoms with E-state index in [0.717, 1.165) is 0 Å². The molecule has 1 N–H and O–H groups in total. The molecular formula is C15H12Cl3NO2. The molecule has 0 radical (unpaired) electrons. The zero-order valence-electron chi connectivity index (χ0n) is 11.1. The summed E-state index contributed by atoms with van der Waals surface area (Å²) in [6.45, 7) is 0. The minimum Gasteiger partial charge on any atom is -0.467 e. The Labute approximate surface area is 137 Å². The van der Waals surface area contributed by atoms with Crippen molar-refractivity contribution in [2.75, 3.05) is 12.4 Å². The van der Waals surface area contributed by atoms with E-state index in [0.29, 0.717) is 26.3 Å². The molecule has 0 spiro atoms. The zero-order valence-corrected chi connectivity index (χ0v) is 13.3. The molecule has 0 saturated heterocycles. The minimum absolute atomic E-state index is 0.411. The number of benzene rings is 2. The van der Waals surface area contributed by atoms with Crippen LogP contribution in [0.15, 0.2) is 42.5 Å². The second kappa shape index (κ2) is 7.03. The zero-order chi connectivity index (χ0) is 15.4. The van der Waals surface area contributed by atoms with Gasteiger partial charge in [-0.1, -0.05) is 46.9 Å². The van der Waals surface area contributed by atoms with Crippen molar-refractivity contribution in [3.63, 3.8) is 0 Å². The van der Waals surface area contributed by atoms with E-state index >= 15 is 0 Å². The quantitative estimate of drug-likeness (QED) is 0.796. The lowest BCUT2D eigenvalue weighted by Crippen LogP contribution is -2.22. The maximum Gasteiger partial charge on any atom is 0.333 e. The molecule has 0 heterocycles. The number of hydrogen-bond acceptors (Lipinski definition) is 3. The fraction of sp³-hybridized carbons (Fsp3) is 0.133. The van der Waals surface area contributed by atoms with Gasteiger partial charge in [0.25, 0.3) is 0 Å². The predicted octanol–water partition coefficient (Wildman–Crippen LogP) is 4.97. The van der Waals surface area contributed by atoms with Crippen LogP contribution >= 0.6 is 34.8 Å². The molecular weight excluding hydrogens is 333 g/mol. The van der Waals surface area contributed by atoms with Crippen molar-refractivity contribution in [2.45, 2.75) is 6.04 Å². The molecule has 110 valence electrons. The van der Waals surface area contributed by atoms with Gasteiger partial charge in [-0.05, 0) is 30.3 Å². The van der Waals surface area contributed by atoms with Crippen molar-refractivity contribution in [1.82, 2.24) is 0 Å². The standard InChI is InChI=1S/C15H12Cl3NO2/c1-21-15(20)14(10-8-9(16)6-7-11(10)17)19-13-5-3-2-4-12(13)18/h2-8,14,19H,1H3. The van der Waals surface area contributed by atoms with Crippen molar-refractivity contribution in [3.05, 3.63) is 63.1 Å². The van der Waals surface area contributed by atoms with E-state index in [1.54, 1.807) is 36.4 Å². The number of anilines is 1. The van der Waals surface area contributed by atoms with Gasteiger partial charge in [-0.25, -0.2) is 4.79 Å². The first kappa shape index (κ1) is 16.0. The third-order valence-electron chi connectivity index (χ3n) is 2.88. The highest BCUT2D eigenvalue weighted by Crippen LogP contribution is 2.31. The van der Waals surface area contributed by atoms with Gasteiger partial charge in [0.1, 0.15) is 0 Å². The summed E-state index contributed by atoms with van der Waals surface area (Å²) >= 11 is 18.2. The molecule has 2 rings (SSSR count). The molecule has 0 bridgehead atoms. The number of ether oxygens (including phenoxy) is 1. The third-order valence-corrected chi connectivity index (χ3v) is 3.79. The lowest BCUT2D eigenvalue weighted by atomic mass is 10.1. The maximum absolute atomic E-state index is 12.1. The molecule has 3 nitrogen and oxygen atoms in total. The van der Waals surface area contributed by atoms with E-state index in [2.05, 4.69) is 5.32 Å². The fourth-order valence-corrected chi connectivity index (χ4v) is 2.45. The Kier molecular flexibility index (Phi) is 5.34. The van der Waals surface area contributed by atoms with E-state index in [1.165, 1.54) is 7.11 Å². The van der Waals surface area contributed by atoms with Crippen LogP contribution in [0.5, 0.6) is 0 Å².